The van der Waals surface area contributed by atoms with Crippen LogP contribution in [0, 0.1) is 0 Å². The lowest BCUT2D eigenvalue weighted by atomic mass is 10.1. The molecule has 0 aromatic heterocycles. The van der Waals surface area contributed by atoms with Crippen LogP contribution in [0.5, 0.6) is 0 Å². The Hall–Kier alpha value is -1.92. The number of rotatable bonds is 7. The van der Waals surface area contributed by atoms with Gasteiger partial charge in [-0.3, -0.25) is 9.59 Å². The third-order valence-electron chi connectivity index (χ3n) is 2.72. The molecule has 19 heavy (non-hydrogen) atoms. The van der Waals surface area contributed by atoms with Crippen LogP contribution < -0.4 is 16.8 Å². The number of nitrogens with one attached hydrogen (secondary N) is 1. The molecular formula is C13H19N3O3. The Bertz CT molecular complexity index is 422. The molecule has 1 aromatic rings. The average molecular weight is 265 g/mol. The molecule has 1 aromatic carbocycles. The van der Waals surface area contributed by atoms with Crippen LogP contribution in [-0.4, -0.2) is 35.6 Å². The van der Waals surface area contributed by atoms with Crippen molar-refractivity contribution in [1.82, 2.24) is 5.32 Å². The van der Waals surface area contributed by atoms with E-state index in [1.807, 2.05) is 30.3 Å². The Morgan fingerprint density at radius 2 is 1.89 bits per heavy atom. The van der Waals surface area contributed by atoms with Crippen LogP contribution >= 0.6 is 0 Å². The summed E-state index contributed by atoms with van der Waals surface area (Å²) in [6.45, 7) is -0.215. The van der Waals surface area contributed by atoms with Gasteiger partial charge in [-0.2, -0.15) is 0 Å². The molecule has 1 rings (SSSR count). The van der Waals surface area contributed by atoms with E-state index in [9.17, 15) is 9.59 Å². The molecule has 0 fully saturated rings. The number of carbonyl (C=O) groups is 2. The molecule has 6 nitrogen and oxygen atoms in total. The van der Waals surface area contributed by atoms with E-state index in [0.29, 0.717) is 12.8 Å². The van der Waals surface area contributed by atoms with Gasteiger partial charge in [-0.25, -0.2) is 0 Å². The van der Waals surface area contributed by atoms with Gasteiger partial charge in [-0.15, -0.1) is 0 Å². The Morgan fingerprint density at radius 3 is 2.47 bits per heavy atom. The summed E-state index contributed by atoms with van der Waals surface area (Å²) >= 11 is 0. The fourth-order valence-electron chi connectivity index (χ4n) is 1.53. The van der Waals surface area contributed by atoms with E-state index in [1.54, 1.807) is 0 Å². The predicted molar refractivity (Wildman–Crippen MR) is 70.9 cm³/mol. The molecule has 104 valence electrons. The number of nitrogens with two attached hydrogens (primary N) is 2. The predicted octanol–water partition coefficient (Wildman–Crippen LogP) is -1.09. The van der Waals surface area contributed by atoms with Gasteiger partial charge in [0.05, 0.1) is 12.6 Å². The minimum absolute atomic E-state index is 0.215. The molecule has 0 bridgehead atoms. The van der Waals surface area contributed by atoms with Crippen molar-refractivity contribution in [2.24, 2.45) is 11.5 Å². The van der Waals surface area contributed by atoms with Crippen LogP contribution in [0.4, 0.5) is 0 Å². The van der Waals surface area contributed by atoms with Gasteiger partial charge in [0.2, 0.25) is 11.8 Å². The number of aliphatic hydroxyl groups is 1. The van der Waals surface area contributed by atoms with Gasteiger partial charge in [0.25, 0.3) is 0 Å². The zero-order valence-electron chi connectivity index (χ0n) is 10.6. The van der Waals surface area contributed by atoms with Gasteiger partial charge in [0, 0.05) is 0 Å². The molecule has 2 amide bonds. The van der Waals surface area contributed by atoms with Crippen molar-refractivity contribution in [3.05, 3.63) is 35.9 Å². The van der Waals surface area contributed by atoms with E-state index in [2.05, 4.69) is 5.32 Å². The highest BCUT2D eigenvalue weighted by molar-refractivity contribution is 5.83. The lowest BCUT2D eigenvalue weighted by Crippen LogP contribution is -2.46. The Balaban J connectivity index is 2.31. The van der Waals surface area contributed by atoms with E-state index >= 15 is 0 Å². The van der Waals surface area contributed by atoms with Crippen molar-refractivity contribution < 1.29 is 14.7 Å². The van der Waals surface area contributed by atoms with Crippen LogP contribution in [0.25, 0.3) is 0 Å². The van der Waals surface area contributed by atoms with E-state index < -0.39 is 24.0 Å². The molecular weight excluding hydrogens is 246 g/mol. The van der Waals surface area contributed by atoms with Gasteiger partial charge in [0.1, 0.15) is 6.10 Å². The maximum absolute atomic E-state index is 11.6. The van der Waals surface area contributed by atoms with Crippen molar-refractivity contribution in [3.63, 3.8) is 0 Å². The monoisotopic (exact) mass is 265 g/mol. The number of hydrogen-bond acceptors (Lipinski definition) is 4. The van der Waals surface area contributed by atoms with Crippen molar-refractivity contribution in [2.45, 2.75) is 25.0 Å². The van der Waals surface area contributed by atoms with E-state index in [-0.39, 0.29) is 6.54 Å². The van der Waals surface area contributed by atoms with Gasteiger partial charge in [-0.1, -0.05) is 30.3 Å². The van der Waals surface area contributed by atoms with Gasteiger partial charge in [0.15, 0.2) is 0 Å². The molecule has 2 atom stereocenters. The highest BCUT2D eigenvalue weighted by atomic mass is 16.3. The van der Waals surface area contributed by atoms with Crippen molar-refractivity contribution in [2.75, 3.05) is 6.54 Å². The van der Waals surface area contributed by atoms with Crippen LogP contribution in [0.3, 0.4) is 0 Å². The molecule has 6 N–H and O–H groups in total. The fraction of sp³-hybridized carbons (Fsp3) is 0.385. The number of aliphatic hydroxyl groups excluding tert-OH is 1. The third kappa shape index (κ3) is 5.50. The first-order chi connectivity index (χ1) is 9.00. The van der Waals surface area contributed by atoms with Crippen LogP contribution in [-0.2, 0) is 16.0 Å². The molecule has 0 saturated heterocycles. The summed E-state index contributed by atoms with van der Waals surface area (Å²) in [6.07, 6.45) is -0.207. The van der Waals surface area contributed by atoms with Crippen molar-refractivity contribution in [1.29, 1.82) is 0 Å². The van der Waals surface area contributed by atoms with Gasteiger partial charge >= 0.3 is 0 Å². The second-order valence-corrected chi connectivity index (χ2v) is 4.29. The lowest BCUT2D eigenvalue weighted by Gasteiger charge is -2.13. The van der Waals surface area contributed by atoms with Gasteiger partial charge < -0.3 is 21.9 Å². The van der Waals surface area contributed by atoms with Crippen molar-refractivity contribution >= 4 is 11.8 Å². The molecule has 6 heteroatoms. The zero-order valence-corrected chi connectivity index (χ0v) is 10.6. The molecule has 0 saturated carbocycles. The standard InChI is InChI=1S/C13H19N3O3/c14-10(7-6-9-4-2-1-3-5-9)13(19)16-8-11(17)12(15)18/h1-5,10-11,17H,6-8,14H2,(H2,15,18)(H,16,19)/t10-,11?/m0/s1. The number of benzene rings is 1. The first kappa shape index (κ1) is 15.1. The summed E-state index contributed by atoms with van der Waals surface area (Å²) in [5.41, 5.74) is 11.7. The van der Waals surface area contributed by atoms with E-state index in [1.165, 1.54) is 0 Å². The summed E-state index contributed by atoms with van der Waals surface area (Å²) in [4.78, 5) is 22.2. The number of hydrogen-bond donors (Lipinski definition) is 4. The molecule has 0 aliphatic rings. The minimum atomic E-state index is -1.38. The third-order valence-corrected chi connectivity index (χ3v) is 2.72. The summed E-state index contributed by atoms with van der Waals surface area (Å²) < 4.78 is 0. The van der Waals surface area contributed by atoms with Gasteiger partial charge in [-0.05, 0) is 18.4 Å². The first-order valence-corrected chi connectivity index (χ1v) is 6.05. The maximum atomic E-state index is 11.6. The zero-order chi connectivity index (χ0) is 14.3. The second kappa shape index (κ2) is 7.50. The molecule has 0 aliphatic heterocycles. The number of aryl methyl sites for hydroxylation is 1. The summed E-state index contributed by atoms with van der Waals surface area (Å²) in [6, 6.07) is 9.00. The first-order valence-electron chi connectivity index (χ1n) is 6.05. The smallest absolute Gasteiger partial charge is 0.248 e. The fourth-order valence-corrected chi connectivity index (χ4v) is 1.53. The lowest BCUT2D eigenvalue weighted by molar-refractivity contribution is -0.127. The Labute approximate surface area is 111 Å². The number of primary amides is 1. The highest BCUT2D eigenvalue weighted by Crippen LogP contribution is 2.04. The van der Waals surface area contributed by atoms with Crippen LogP contribution in [0.1, 0.15) is 12.0 Å². The maximum Gasteiger partial charge on any atom is 0.248 e. The second-order valence-electron chi connectivity index (χ2n) is 4.29. The molecule has 0 heterocycles. The van der Waals surface area contributed by atoms with E-state index in [0.717, 1.165) is 5.56 Å². The quantitative estimate of drug-likeness (QED) is 0.501. The SMILES string of the molecule is NC(=O)C(O)CNC(=O)[C@@H](N)CCc1ccccc1. The molecule has 0 aliphatic carbocycles. The summed E-state index contributed by atoms with van der Waals surface area (Å²) in [7, 11) is 0. The highest BCUT2D eigenvalue weighted by Gasteiger charge is 2.16. The number of amides is 2. The molecule has 0 radical (unpaired) electrons. The normalized spacial score (nSPS) is 13.6. The largest absolute Gasteiger partial charge is 0.381 e. The van der Waals surface area contributed by atoms with Crippen molar-refractivity contribution in [3.8, 4) is 0 Å². The number of carbonyl (C=O) groups excluding carboxylic acids is 2. The van der Waals surface area contributed by atoms with Crippen LogP contribution in [0.2, 0.25) is 0 Å². The summed E-state index contributed by atoms with van der Waals surface area (Å²) in [5, 5.41) is 11.5. The van der Waals surface area contributed by atoms with E-state index in [4.69, 9.17) is 16.6 Å². The minimum Gasteiger partial charge on any atom is -0.381 e. The summed E-state index contributed by atoms with van der Waals surface area (Å²) in [5.74, 6) is -1.28. The Morgan fingerprint density at radius 1 is 1.26 bits per heavy atom. The molecule has 0 spiro atoms. The Kier molecular flexibility index (Phi) is 5.98. The average Bonchev–Trinajstić information content (AvgIpc) is 2.42. The van der Waals surface area contributed by atoms with Crippen LogP contribution in [0.15, 0.2) is 30.3 Å². The topological polar surface area (TPSA) is 118 Å². The molecule has 1 unspecified atom stereocenters.